The first-order valence-corrected chi connectivity index (χ1v) is 12.5. The lowest BCUT2D eigenvalue weighted by Gasteiger charge is -2.24. The molecule has 2 amide bonds. The molecule has 2 aromatic rings. The quantitative estimate of drug-likeness (QED) is 0.265. The maximum Gasteiger partial charge on any atom is 0.278 e. The highest BCUT2D eigenvalue weighted by Gasteiger charge is 2.41. The van der Waals surface area contributed by atoms with E-state index in [4.69, 9.17) is 0 Å². The van der Waals surface area contributed by atoms with Gasteiger partial charge in [-0.1, -0.05) is 76.1 Å². The summed E-state index contributed by atoms with van der Waals surface area (Å²) in [6.45, 7) is 5.37. The van der Waals surface area contributed by atoms with Crippen LogP contribution in [0.15, 0.2) is 53.5 Å². The third kappa shape index (κ3) is 5.65. The zero-order chi connectivity index (χ0) is 22.1. The second-order valence-corrected chi connectivity index (χ2v) is 8.97. The van der Waals surface area contributed by atoms with Gasteiger partial charge in [0.25, 0.3) is 11.8 Å². The number of amides is 2. The molecular formula is C26H34N2O2S. The summed E-state index contributed by atoms with van der Waals surface area (Å²) < 4.78 is 0. The van der Waals surface area contributed by atoms with Gasteiger partial charge in [-0.3, -0.25) is 14.5 Å². The van der Waals surface area contributed by atoms with Crippen LogP contribution in [0.2, 0.25) is 0 Å². The number of rotatable bonds is 13. The third-order valence-electron chi connectivity index (χ3n) is 5.80. The van der Waals surface area contributed by atoms with Crippen molar-refractivity contribution in [2.45, 2.75) is 65.2 Å². The van der Waals surface area contributed by atoms with Crippen molar-refractivity contribution in [3.8, 4) is 0 Å². The summed E-state index contributed by atoms with van der Waals surface area (Å²) in [6, 6.07) is 13.7. The van der Waals surface area contributed by atoms with E-state index in [9.17, 15) is 9.59 Å². The van der Waals surface area contributed by atoms with Gasteiger partial charge in [-0.05, 0) is 36.9 Å². The monoisotopic (exact) mass is 438 g/mol. The summed E-state index contributed by atoms with van der Waals surface area (Å²) in [4.78, 5) is 31.1. The Morgan fingerprint density at radius 2 is 1.48 bits per heavy atom. The molecule has 0 fully saturated rings. The smallest absolute Gasteiger partial charge is 0.278 e. The van der Waals surface area contributed by atoms with E-state index < -0.39 is 0 Å². The number of hydrogen-bond acceptors (Lipinski definition) is 4. The van der Waals surface area contributed by atoms with Crippen molar-refractivity contribution in [1.29, 1.82) is 0 Å². The van der Waals surface area contributed by atoms with Crippen LogP contribution in [0.3, 0.4) is 0 Å². The summed E-state index contributed by atoms with van der Waals surface area (Å²) >= 11 is 1.51. The van der Waals surface area contributed by atoms with Crippen LogP contribution in [-0.2, 0) is 9.59 Å². The van der Waals surface area contributed by atoms with Crippen LogP contribution in [0.1, 0.15) is 70.1 Å². The number of unbranched alkanes of at least 4 members (excludes halogenated alkanes) is 7. The van der Waals surface area contributed by atoms with Crippen LogP contribution in [-0.4, -0.2) is 29.8 Å². The van der Waals surface area contributed by atoms with E-state index in [1.165, 1.54) is 54.8 Å². The molecule has 0 saturated carbocycles. The molecule has 2 heterocycles. The first-order chi connectivity index (χ1) is 15.2. The molecule has 1 aliphatic rings. The van der Waals surface area contributed by atoms with Gasteiger partial charge in [0.15, 0.2) is 0 Å². The van der Waals surface area contributed by atoms with Gasteiger partial charge >= 0.3 is 0 Å². The van der Waals surface area contributed by atoms with Crippen molar-refractivity contribution in [2.75, 3.05) is 18.0 Å². The van der Waals surface area contributed by atoms with Crippen LogP contribution in [0.25, 0.3) is 5.57 Å². The van der Waals surface area contributed by atoms with Crippen molar-refractivity contribution < 1.29 is 9.59 Å². The number of anilines is 1. The van der Waals surface area contributed by atoms with E-state index in [0.29, 0.717) is 24.4 Å². The van der Waals surface area contributed by atoms with Gasteiger partial charge < -0.3 is 4.90 Å². The molecule has 0 bridgehead atoms. The number of para-hydroxylation sites is 1. The SMILES string of the molecule is CCCCCCCCCCN1C(=O)C(c2cccs2)=C(N(CC)c2ccccc2)C1=O. The maximum absolute atomic E-state index is 13.4. The fraction of sp³-hybridized carbons (Fsp3) is 0.462. The van der Waals surface area contributed by atoms with E-state index in [1.54, 1.807) is 0 Å². The Hall–Kier alpha value is -2.40. The summed E-state index contributed by atoms with van der Waals surface area (Å²) in [5.74, 6) is -0.318. The second-order valence-electron chi connectivity index (χ2n) is 8.02. The van der Waals surface area contributed by atoms with Gasteiger partial charge in [0.1, 0.15) is 5.70 Å². The molecule has 3 rings (SSSR count). The Morgan fingerprint density at radius 3 is 2.10 bits per heavy atom. The van der Waals surface area contributed by atoms with Gasteiger partial charge in [-0.25, -0.2) is 0 Å². The lowest BCUT2D eigenvalue weighted by atomic mass is 10.1. The van der Waals surface area contributed by atoms with Crippen molar-refractivity contribution >= 4 is 34.4 Å². The van der Waals surface area contributed by atoms with Crippen LogP contribution >= 0.6 is 11.3 Å². The van der Waals surface area contributed by atoms with Gasteiger partial charge in [0.05, 0.1) is 5.57 Å². The molecule has 4 nitrogen and oxygen atoms in total. The Bertz CT molecular complexity index is 874. The highest BCUT2D eigenvalue weighted by Crippen LogP contribution is 2.36. The van der Waals surface area contributed by atoms with E-state index in [0.717, 1.165) is 23.4 Å². The first-order valence-electron chi connectivity index (χ1n) is 11.7. The molecule has 1 aromatic heterocycles. The van der Waals surface area contributed by atoms with Crippen molar-refractivity contribution in [1.82, 2.24) is 4.90 Å². The Labute approximate surface area is 190 Å². The fourth-order valence-electron chi connectivity index (χ4n) is 4.14. The standard InChI is InChI=1S/C26H34N2O2S/c1-3-5-6-7-8-9-10-14-19-28-25(29)23(22-18-15-20-31-22)24(26(28)30)27(4-2)21-16-12-11-13-17-21/h11-13,15-18,20H,3-10,14,19H2,1-2H3. The molecule has 31 heavy (non-hydrogen) atoms. The van der Waals surface area contributed by atoms with Gasteiger partial charge in [-0.2, -0.15) is 0 Å². The third-order valence-corrected chi connectivity index (χ3v) is 6.69. The number of likely N-dealkylation sites (N-methyl/N-ethyl adjacent to an activating group) is 1. The lowest BCUT2D eigenvalue weighted by Crippen LogP contribution is -2.36. The van der Waals surface area contributed by atoms with E-state index >= 15 is 0 Å². The van der Waals surface area contributed by atoms with Gasteiger partial charge in [0, 0.05) is 23.7 Å². The van der Waals surface area contributed by atoms with Crippen molar-refractivity contribution in [3.05, 3.63) is 58.4 Å². The first kappa shape index (κ1) is 23.3. The van der Waals surface area contributed by atoms with Crippen LogP contribution in [0, 0.1) is 0 Å². The average Bonchev–Trinajstić information content (AvgIpc) is 3.39. The Morgan fingerprint density at radius 1 is 0.806 bits per heavy atom. The molecule has 166 valence electrons. The predicted octanol–water partition coefficient (Wildman–Crippen LogP) is 6.50. The fourth-order valence-corrected chi connectivity index (χ4v) is 4.90. The minimum absolute atomic E-state index is 0.153. The molecular weight excluding hydrogens is 404 g/mol. The highest BCUT2D eigenvalue weighted by molar-refractivity contribution is 7.11. The van der Waals surface area contributed by atoms with Gasteiger partial charge in [-0.15, -0.1) is 11.3 Å². The molecule has 1 aliphatic heterocycles. The van der Waals surface area contributed by atoms with E-state index in [2.05, 4.69) is 6.92 Å². The number of nitrogens with zero attached hydrogens (tertiary/aromatic N) is 2. The molecule has 0 atom stereocenters. The topological polar surface area (TPSA) is 40.6 Å². The minimum Gasteiger partial charge on any atom is -0.337 e. The summed E-state index contributed by atoms with van der Waals surface area (Å²) in [7, 11) is 0. The van der Waals surface area contributed by atoms with Crippen LogP contribution < -0.4 is 4.90 Å². The van der Waals surface area contributed by atoms with Gasteiger partial charge in [0.2, 0.25) is 0 Å². The number of imide groups is 1. The summed E-state index contributed by atoms with van der Waals surface area (Å²) in [5.41, 5.74) is 2.00. The molecule has 0 radical (unpaired) electrons. The number of benzene rings is 1. The lowest BCUT2D eigenvalue weighted by molar-refractivity contribution is -0.136. The van der Waals surface area contributed by atoms with Crippen LogP contribution in [0.5, 0.6) is 0 Å². The minimum atomic E-state index is -0.165. The number of carbonyl (C=O) groups is 2. The number of thiophene rings is 1. The predicted molar refractivity (Wildman–Crippen MR) is 130 cm³/mol. The molecule has 0 N–H and O–H groups in total. The maximum atomic E-state index is 13.4. The molecule has 0 saturated heterocycles. The zero-order valence-corrected chi connectivity index (χ0v) is 19.6. The second kappa shape index (κ2) is 11.8. The molecule has 0 unspecified atom stereocenters. The van der Waals surface area contributed by atoms with Crippen molar-refractivity contribution in [2.24, 2.45) is 0 Å². The number of carbonyl (C=O) groups excluding carboxylic acids is 2. The summed E-state index contributed by atoms with van der Waals surface area (Å²) in [5, 5.41) is 1.96. The Kier molecular flexibility index (Phi) is 8.89. The van der Waals surface area contributed by atoms with E-state index in [1.807, 2.05) is 59.7 Å². The van der Waals surface area contributed by atoms with Crippen LogP contribution in [0.4, 0.5) is 5.69 Å². The average molecular weight is 439 g/mol. The molecule has 1 aromatic carbocycles. The van der Waals surface area contributed by atoms with Crippen molar-refractivity contribution in [3.63, 3.8) is 0 Å². The highest BCUT2D eigenvalue weighted by atomic mass is 32.1. The Balaban J connectivity index is 1.72. The largest absolute Gasteiger partial charge is 0.337 e. The molecule has 0 aliphatic carbocycles. The van der Waals surface area contributed by atoms with E-state index in [-0.39, 0.29) is 11.8 Å². The summed E-state index contributed by atoms with van der Waals surface area (Å²) in [6.07, 6.45) is 9.50. The molecule has 5 heteroatoms. The molecule has 0 spiro atoms. The normalized spacial score (nSPS) is 14.1. The zero-order valence-electron chi connectivity index (χ0n) is 18.8. The number of hydrogen-bond donors (Lipinski definition) is 0.